The monoisotopic (exact) mass is 292 g/mol. The van der Waals surface area contributed by atoms with Gasteiger partial charge in [0.05, 0.1) is 5.69 Å². The molecule has 0 aliphatic heterocycles. The molecular formula is C14H16N2OS2. The zero-order valence-electron chi connectivity index (χ0n) is 11.4. The molecule has 0 saturated carbocycles. The van der Waals surface area contributed by atoms with Crippen molar-refractivity contribution in [1.29, 1.82) is 0 Å². The van der Waals surface area contributed by atoms with Crippen molar-refractivity contribution in [2.75, 3.05) is 5.32 Å². The van der Waals surface area contributed by atoms with Crippen LogP contribution < -0.4 is 5.32 Å². The quantitative estimate of drug-likeness (QED) is 0.852. The van der Waals surface area contributed by atoms with Crippen molar-refractivity contribution in [1.82, 2.24) is 4.98 Å². The molecule has 0 spiro atoms. The van der Waals surface area contributed by atoms with Crippen LogP contribution in [0.25, 0.3) is 11.3 Å². The van der Waals surface area contributed by atoms with Crippen LogP contribution >= 0.6 is 22.7 Å². The van der Waals surface area contributed by atoms with Crippen molar-refractivity contribution in [3.8, 4) is 11.3 Å². The molecule has 1 amide bonds. The Morgan fingerprint density at radius 2 is 2.11 bits per heavy atom. The van der Waals surface area contributed by atoms with E-state index in [0.29, 0.717) is 5.13 Å². The number of aromatic nitrogens is 1. The van der Waals surface area contributed by atoms with E-state index in [1.165, 1.54) is 21.1 Å². The van der Waals surface area contributed by atoms with Gasteiger partial charge in [-0.05, 0) is 33.8 Å². The molecule has 19 heavy (non-hydrogen) atoms. The molecule has 0 saturated heterocycles. The summed E-state index contributed by atoms with van der Waals surface area (Å²) in [6.07, 6.45) is 1.57. The molecule has 0 aliphatic carbocycles. The van der Waals surface area contributed by atoms with E-state index < -0.39 is 0 Å². The highest BCUT2D eigenvalue weighted by atomic mass is 32.1. The fourth-order valence-electron chi connectivity index (χ4n) is 1.74. The van der Waals surface area contributed by atoms with E-state index in [4.69, 9.17) is 0 Å². The normalized spacial score (nSPS) is 10.3. The lowest BCUT2D eigenvalue weighted by atomic mass is 10.2. The molecule has 5 heteroatoms. The van der Waals surface area contributed by atoms with Crippen LogP contribution in [0.4, 0.5) is 5.13 Å². The zero-order chi connectivity index (χ0) is 14.0. The van der Waals surface area contributed by atoms with Crippen molar-refractivity contribution in [3.63, 3.8) is 0 Å². The Morgan fingerprint density at radius 3 is 2.68 bits per heavy atom. The number of nitrogens with zero attached hydrogens (tertiary/aromatic N) is 1. The van der Waals surface area contributed by atoms with Gasteiger partial charge in [0, 0.05) is 26.8 Å². The Morgan fingerprint density at radius 1 is 1.37 bits per heavy atom. The first-order chi connectivity index (χ1) is 8.95. The number of hydrogen-bond acceptors (Lipinski definition) is 4. The number of thiophene rings is 1. The van der Waals surface area contributed by atoms with Crippen molar-refractivity contribution < 1.29 is 4.79 Å². The van der Waals surface area contributed by atoms with E-state index in [0.717, 1.165) is 16.8 Å². The molecule has 2 aromatic heterocycles. The highest BCUT2D eigenvalue weighted by Gasteiger charge is 2.10. The molecule has 3 nitrogen and oxygen atoms in total. The first kappa shape index (κ1) is 14.0. The van der Waals surface area contributed by atoms with Crippen molar-refractivity contribution in [3.05, 3.63) is 32.8 Å². The molecule has 0 fully saturated rings. The van der Waals surface area contributed by atoms with Crippen LogP contribution in [-0.2, 0) is 4.79 Å². The average Bonchev–Trinajstić information content (AvgIpc) is 2.84. The predicted molar refractivity (Wildman–Crippen MR) is 83.0 cm³/mol. The molecule has 0 atom stereocenters. The largest absolute Gasteiger partial charge is 0.298 e. The molecule has 2 aromatic rings. The minimum Gasteiger partial charge on any atom is -0.298 e. The summed E-state index contributed by atoms with van der Waals surface area (Å²) in [5.74, 6) is -0.126. The molecule has 2 rings (SSSR count). The molecule has 0 aliphatic rings. The number of nitrogens with one attached hydrogen (secondary N) is 1. The summed E-state index contributed by atoms with van der Waals surface area (Å²) < 4.78 is 0. The Labute approximate surface area is 121 Å². The third kappa shape index (κ3) is 3.52. The maximum Gasteiger partial charge on any atom is 0.250 e. The number of hydrogen-bond donors (Lipinski definition) is 1. The lowest BCUT2D eigenvalue weighted by Crippen LogP contribution is -2.07. The minimum absolute atomic E-state index is 0.126. The fraction of sp³-hybridized carbons (Fsp3) is 0.286. The minimum atomic E-state index is -0.126. The van der Waals surface area contributed by atoms with Gasteiger partial charge in [0.1, 0.15) is 0 Å². The topological polar surface area (TPSA) is 42.0 Å². The molecule has 2 heterocycles. The van der Waals surface area contributed by atoms with Gasteiger partial charge < -0.3 is 0 Å². The van der Waals surface area contributed by atoms with E-state index in [1.807, 2.05) is 19.2 Å². The van der Waals surface area contributed by atoms with Gasteiger partial charge in [0.25, 0.3) is 0 Å². The first-order valence-electron chi connectivity index (χ1n) is 5.94. The smallest absolute Gasteiger partial charge is 0.250 e. The third-order valence-electron chi connectivity index (χ3n) is 2.47. The maximum atomic E-state index is 11.6. The highest BCUT2D eigenvalue weighted by Crippen LogP contribution is 2.32. The van der Waals surface area contributed by atoms with E-state index in [1.54, 1.807) is 17.4 Å². The number of allylic oxidation sites excluding steroid dienone is 1. The SMILES string of the molecule is CC(C)=CC(=O)Nc1nc(-c2cc(C)sc2C)cs1. The number of anilines is 1. The second kappa shape index (κ2) is 5.67. The van der Waals surface area contributed by atoms with E-state index >= 15 is 0 Å². The Bertz CT molecular complexity index is 634. The summed E-state index contributed by atoms with van der Waals surface area (Å²) in [6.45, 7) is 7.97. The summed E-state index contributed by atoms with van der Waals surface area (Å²) in [7, 11) is 0. The molecule has 0 bridgehead atoms. The number of aryl methyl sites for hydroxylation is 2. The van der Waals surface area contributed by atoms with E-state index in [9.17, 15) is 4.79 Å². The molecule has 0 radical (unpaired) electrons. The van der Waals surface area contributed by atoms with Gasteiger partial charge in [0.2, 0.25) is 5.91 Å². The molecule has 100 valence electrons. The summed E-state index contributed by atoms with van der Waals surface area (Å²) in [5.41, 5.74) is 3.05. The van der Waals surface area contributed by atoms with Gasteiger partial charge in [-0.15, -0.1) is 22.7 Å². The van der Waals surface area contributed by atoms with Crippen molar-refractivity contribution >= 4 is 33.7 Å². The second-order valence-electron chi connectivity index (χ2n) is 4.58. The van der Waals surface area contributed by atoms with Crippen molar-refractivity contribution in [2.45, 2.75) is 27.7 Å². The molecule has 0 aromatic carbocycles. The van der Waals surface area contributed by atoms with Crippen LogP contribution in [0.3, 0.4) is 0 Å². The van der Waals surface area contributed by atoms with Crippen LogP contribution in [0.15, 0.2) is 23.1 Å². The first-order valence-corrected chi connectivity index (χ1v) is 7.64. The van der Waals surface area contributed by atoms with Gasteiger partial charge >= 0.3 is 0 Å². The summed E-state index contributed by atoms with van der Waals surface area (Å²) in [6, 6.07) is 2.14. The standard InChI is InChI=1S/C14H16N2OS2/c1-8(2)5-13(17)16-14-15-12(7-18-14)11-6-9(3)19-10(11)4/h5-7H,1-4H3,(H,15,16,17). The number of rotatable bonds is 3. The lowest BCUT2D eigenvalue weighted by Gasteiger charge is -1.97. The van der Waals surface area contributed by atoms with Crippen LogP contribution in [0.2, 0.25) is 0 Å². The second-order valence-corrected chi connectivity index (χ2v) is 6.89. The highest BCUT2D eigenvalue weighted by molar-refractivity contribution is 7.14. The van der Waals surface area contributed by atoms with Gasteiger partial charge in [-0.2, -0.15) is 0 Å². The Hall–Kier alpha value is -1.46. The number of carbonyl (C=O) groups is 1. The van der Waals surface area contributed by atoms with Gasteiger partial charge in [-0.25, -0.2) is 4.98 Å². The summed E-state index contributed by atoms with van der Waals surface area (Å²) >= 11 is 3.21. The van der Waals surface area contributed by atoms with Crippen LogP contribution in [0.1, 0.15) is 23.6 Å². The van der Waals surface area contributed by atoms with Gasteiger partial charge in [-0.1, -0.05) is 5.57 Å². The number of carbonyl (C=O) groups excluding carboxylic acids is 1. The maximum absolute atomic E-state index is 11.6. The number of thiazole rings is 1. The fourth-order valence-corrected chi connectivity index (χ4v) is 3.39. The van der Waals surface area contributed by atoms with Crippen molar-refractivity contribution in [2.24, 2.45) is 0 Å². The van der Waals surface area contributed by atoms with Crippen LogP contribution in [0.5, 0.6) is 0 Å². The zero-order valence-corrected chi connectivity index (χ0v) is 13.0. The Balaban J connectivity index is 2.18. The molecule has 0 unspecified atom stereocenters. The van der Waals surface area contributed by atoms with Crippen LogP contribution in [0, 0.1) is 13.8 Å². The molecule has 1 N–H and O–H groups in total. The Kier molecular flexibility index (Phi) is 4.17. The number of amides is 1. The average molecular weight is 292 g/mol. The van der Waals surface area contributed by atoms with E-state index in [2.05, 4.69) is 30.2 Å². The van der Waals surface area contributed by atoms with Crippen LogP contribution in [-0.4, -0.2) is 10.9 Å². The summed E-state index contributed by atoms with van der Waals surface area (Å²) in [4.78, 5) is 18.6. The predicted octanol–water partition coefficient (Wildman–Crippen LogP) is 4.39. The van der Waals surface area contributed by atoms with Gasteiger partial charge in [0.15, 0.2) is 5.13 Å². The third-order valence-corrected chi connectivity index (χ3v) is 4.19. The van der Waals surface area contributed by atoms with E-state index in [-0.39, 0.29) is 5.91 Å². The summed E-state index contributed by atoms with van der Waals surface area (Å²) in [5, 5.41) is 5.40. The lowest BCUT2D eigenvalue weighted by molar-refractivity contribution is -0.111. The van der Waals surface area contributed by atoms with Gasteiger partial charge in [-0.3, -0.25) is 10.1 Å². The molecular weight excluding hydrogens is 276 g/mol.